The Morgan fingerprint density at radius 2 is 2.26 bits per heavy atom. The molecule has 0 saturated carbocycles. The molecule has 1 fully saturated rings. The molecule has 1 amide bonds. The summed E-state index contributed by atoms with van der Waals surface area (Å²) in [5.41, 5.74) is 0.136. The van der Waals surface area contributed by atoms with Crippen LogP contribution in [0.3, 0.4) is 0 Å². The maximum Gasteiger partial charge on any atom is 0.257 e. The lowest BCUT2D eigenvalue weighted by Gasteiger charge is -2.25. The van der Waals surface area contributed by atoms with Crippen molar-refractivity contribution in [1.82, 2.24) is 4.90 Å². The Kier molecular flexibility index (Phi) is 4.37. The molecule has 1 aliphatic rings. The Labute approximate surface area is 111 Å². The maximum absolute atomic E-state index is 12.9. The number of likely N-dealkylation sites (tertiary alicyclic amines) is 1. The van der Waals surface area contributed by atoms with Gasteiger partial charge in [0.25, 0.3) is 5.91 Å². The van der Waals surface area contributed by atoms with E-state index >= 15 is 0 Å². The average Bonchev–Trinajstić information content (AvgIpc) is 2.83. The molecule has 0 bridgehead atoms. The Bertz CT molecular complexity index is 464. The summed E-state index contributed by atoms with van der Waals surface area (Å²) in [4.78, 5) is 14.0. The maximum atomic E-state index is 12.9. The molecule has 0 aliphatic carbocycles. The zero-order chi connectivity index (χ0) is 13.8. The SMILES string of the molecule is O=C(c1ccc(F)cc1O)N1CCCC1CCCO. The number of aliphatic hydroxyl groups excluding tert-OH is 1. The Morgan fingerprint density at radius 3 is 2.95 bits per heavy atom. The quantitative estimate of drug-likeness (QED) is 0.876. The van der Waals surface area contributed by atoms with Gasteiger partial charge in [-0.2, -0.15) is 0 Å². The number of nitrogens with zero attached hydrogens (tertiary/aromatic N) is 1. The number of benzene rings is 1. The van der Waals surface area contributed by atoms with E-state index in [2.05, 4.69) is 0 Å². The number of carbonyl (C=O) groups is 1. The molecule has 2 rings (SSSR count). The van der Waals surface area contributed by atoms with E-state index in [1.54, 1.807) is 4.90 Å². The van der Waals surface area contributed by atoms with E-state index in [1.165, 1.54) is 12.1 Å². The fourth-order valence-electron chi connectivity index (χ4n) is 2.57. The van der Waals surface area contributed by atoms with Gasteiger partial charge in [-0.1, -0.05) is 0 Å². The van der Waals surface area contributed by atoms with Crippen LogP contribution in [0.25, 0.3) is 0 Å². The van der Waals surface area contributed by atoms with E-state index in [-0.39, 0.29) is 29.9 Å². The van der Waals surface area contributed by atoms with Crippen molar-refractivity contribution in [2.24, 2.45) is 0 Å². The molecule has 1 heterocycles. The summed E-state index contributed by atoms with van der Waals surface area (Å²) in [5, 5.41) is 18.5. The fourth-order valence-corrected chi connectivity index (χ4v) is 2.57. The third-order valence-corrected chi connectivity index (χ3v) is 3.52. The summed E-state index contributed by atoms with van der Waals surface area (Å²) in [5.74, 6) is -1.15. The molecule has 1 atom stereocenters. The van der Waals surface area contributed by atoms with Crippen LogP contribution >= 0.6 is 0 Å². The van der Waals surface area contributed by atoms with Crippen LogP contribution in [0.2, 0.25) is 0 Å². The predicted molar refractivity (Wildman–Crippen MR) is 68.4 cm³/mol. The second-order valence-corrected chi connectivity index (χ2v) is 4.82. The Balaban J connectivity index is 2.13. The third kappa shape index (κ3) is 3.04. The number of aliphatic hydroxyl groups is 1. The van der Waals surface area contributed by atoms with Crippen LogP contribution in [0.5, 0.6) is 5.75 Å². The number of carbonyl (C=O) groups excluding carboxylic acids is 1. The molecule has 2 N–H and O–H groups in total. The topological polar surface area (TPSA) is 60.8 Å². The lowest BCUT2D eigenvalue weighted by Crippen LogP contribution is -2.35. The van der Waals surface area contributed by atoms with E-state index in [9.17, 15) is 14.3 Å². The summed E-state index contributed by atoms with van der Waals surface area (Å²) in [7, 11) is 0. The lowest BCUT2D eigenvalue weighted by atomic mass is 10.1. The van der Waals surface area contributed by atoms with Gasteiger partial charge in [-0.3, -0.25) is 4.79 Å². The highest BCUT2D eigenvalue weighted by Gasteiger charge is 2.30. The molecule has 0 aromatic heterocycles. The van der Waals surface area contributed by atoms with Crippen molar-refractivity contribution in [2.75, 3.05) is 13.2 Å². The van der Waals surface area contributed by atoms with E-state index in [4.69, 9.17) is 5.11 Å². The average molecular weight is 267 g/mol. The van der Waals surface area contributed by atoms with Crippen LogP contribution in [0, 0.1) is 5.82 Å². The van der Waals surface area contributed by atoms with Gasteiger partial charge in [0.05, 0.1) is 5.56 Å². The first-order valence-corrected chi connectivity index (χ1v) is 6.54. The first kappa shape index (κ1) is 13.8. The van der Waals surface area contributed by atoms with Crippen LogP contribution in [-0.2, 0) is 0 Å². The minimum atomic E-state index is -0.563. The van der Waals surface area contributed by atoms with E-state index in [1.807, 2.05) is 0 Å². The van der Waals surface area contributed by atoms with Gasteiger partial charge >= 0.3 is 0 Å². The fraction of sp³-hybridized carbons (Fsp3) is 0.500. The number of phenolic OH excluding ortho intramolecular Hbond substituents is 1. The first-order valence-electron chi connectivity index (χ1n) is 6.54. The minimum Gasteiger partial charge on any atom is -0.507 e. The van der Waals surface area contributed by atoms with Crippen molar-refractivity contribution in [2.45, 2.75) is 31.7 Å². The van der Waals surface area contributed by atoms with Crippen LogP contribution in [0.1, 0.15) is 36.0 Å². The minimum absolute atomic E-state index is 0.101. The first-order chi connectivity index (χ1) is 9.13. The smallest absolute Gasteiger partial charge is 0.257 e. The van der Waals surface area contributed by atoms with Gasteiger partial charge in [-0.05, 0) is 37.8 Å². The molecule has 5 heteroatoms. The van der Waals surface area contributed by atoms with Crippen LogP contribution in [0.4, 0.5) is 4.39 Å². The van der Waals surface area contributed by atoms with Crippen molar-refractivity contribution in [1.29, 1.82) is 0 Å². The van der Waals surface area contributed by atoms with Gasteiger partial charge in [0.15, 0.2) is 0 Å². The van der Waals surface area contributed by atoms with Gasteiger partial charge in [0, 0.05) is 25.3 Å². The summed E-state index contributed by atoms with van der Waals surface area (Å²) in [6.45, 7) is 0.756. The number of amides is 1. The number of hydrogen-bond acceptors (Lipinski definition) is 3. The van der Waals surface area contributed by atoms with Gasteiger partial charge in [-0.25, -0.2) is 4.39 Å². The largest absolute Gasteiger partial charge is 0.507 e. The lowest BCUT2D eigenvalue weighted by molar-refractivity contribution is 0.0721. The van der Waals surface area contributed by atoms with E-state index in [0.29, 0.717) is 13.0 Å². The number of halogens is 1. The number of rotatable bonds is 4. The van der Waals surface area contributed by atoms with Gasteiger partial charge in [0.1, 0.15) is 11.6 Å². The molecule has 1 aromatic rings. The predicted octanol–water partition coefficient (Wildman–Crippen LogP) is 1.91. The molecule has 0 radical (unpaired) electrons. The zero-order valence-corrected chi connectivity index (χ0v) is 10.7. The molecule has 1 aromatic carbocycles. The normalized spacial score (nSPS) is 18.8. The molecule has 104 valence electrons. The van der Waals surface area contributed by atoms with Crippen molar-refractivity contribution in [3.05, 3.63) is 29.6 Å². The Morgan fingerprint density at radius 1 is 1.47 bits per heavy atom. The van der Waals surface area contributed by atoms with E-state index in [0.717, 1.165) is 25.3 Å². The molecular formula is C14H18FNO3. The highest BCUT2D eigenvalue weighted by molar-refractivity contribution is 5.97. The molecule has 19 heavy (non-hydrogen) atoms. The Hall–Kier alpha value is -1.62. The van der Waals surface area contributed by atoms with Crippen LogP contribution < -0.4 is 0 Å². The molecule has 1 unspecified atom stereocenters. The number of phenols is 1. The molecule has 1 aliphatic heterocycles. The van der Waals surface area contributed by atoms with Crippen molar-refractivity contribution >= 4 is 5.91 Å². The van der Waals surface area contributed by atoms with E-state index < -0.39 is 5.82 Å². The van der Waals surface area contributed by atoms with Gasteiger partial charge < -0.3 is 15.1 Å². The van der Waals surface area contributed by atoms with Crippen molar-refractivity contribution < 1.29 is 19.4 Å². The van der Waals surface area contributed by atoms with Crippen LogP contribution in [0.15, 0.2) is 18.2 Å². The molecular weight excluding hydrogens is 249 g/mol. The number of hydrogen-bond donors (Lipinski definition) is 2. The van der Waals surface area contributed by atoms with Crippen molar-refractivity contribution in [3.8, 4) is 5.75 Å². The second-order valence-electron chi connectivity index (χ2n) is 4.82. The molecule has 1 saturated heterocycles. The van der Waals surface area contributed by atoms with Crippen molar-refractivity contribution in [3.63, 3.8) is 0 Å². The summed E-state index contributed by atoms with van der Waals surface area (Å²) >= 11 is 0. The third-order valence-electron chi connectivity index (χ3n) is 3.52. The molecule has 4 nitrogen and oxygen atoms in total. The summed E-state index contributed by atoms with van der Waals surface area (Å²) in [6.07, 6.45) is 3.24. The summed E-state index contributed by atoms with van der Waals surface area (Å²) < 4.78 is 12.9. The highest BCUT2D eigenvalue weighted by atomic mass is 19.1. The molecule has 0 spiro atoms. The standard InChI is InChI=1S/C14H18FNO3/c15-10-5-6-12(13(18)9-10)14(19)16-7-1-3-11(16)4-2-8-17/h5-6,9,11,17-18H,1-4,7-8H2. The second kappa shape index (κ2) is 6.02. The monoisotopic (exact) mass is 267 g/mol. The summed E-state index contributed by atoms with van der Waals surface area (Å²) in [6, 6.07) is 3.54. The highest BCUT2D eigenvalue weighted by Crippen LogP contribution is 2.27. The van der Waals surface area contributed by atoms with Gasteiger partial charge in [0.2, 0.25) is 0 Å². The van der Waals surface area contributed by atoms with Gasteiger partial charge in [-0.15, -0.1) is 0 Å². The van der Waals surface area contributed by atoms with Crippen LogP contribution in [-0.4, -0.2) is 40.2 Å². The zero-order valence-electron chi connectivity index (χ0n) is 10.7. The number of aromatic hydroxyl groups is 1.